The van der Waals surface area contributed by atoms with Crippen LogP contribution in [0.3, 0.4) is 0 Å². The van der Waals surface area contributed by atoms with E-state index < -0.39 is 25.6 Å². The van der Waals surface area contributed by atoms with E-state index in [2.05, 4.69) is 25.8 Å². The number of nitrogens with one attached hydrogen (secondary N) is 3. The van der Waals surface area contributed by atoms with Gasteiger partial charge < -0.3 is 30.5 Å². The standard InChI is InChI=1S/C23H36Cl2N4O5S.C18H28Cl2N4O3S/c1-23(2,3)34-22(31)29-16-14-28(15-17-29)12-6-5-11-26-20(30)10-13-27(4)35(32,33)19-9-7-8-18(24)21(19)25;1-23(28(26,27)16-6-4-5-15(19)18(16)20)12-7-17(25)22-8-2-3-11-24-13-9-21-10-14-24/h7-9H,5-6,10-17H2,1-4H3,(H,26,30);4-6,21H,2-3,7-14H2,1H3,(H,22,25). The number of piperazine rings is 2. The van der Waals surface area contributed by atoms with Crippen molar-refractivity contribution in [2.24, 2.45) is 0 Å². The third-order valence-corrected chi connectivity index (χ3v) is 15.9. The van der Waals surface area contributed by atoms with Crippen LogP contribution in [-0.2, 0) is 34.4 Å². The molecule has 0 atom stereocenters. The van der Waals surface area contributed by atoms with E-state index in [1.54, 1.807) is 4.90 Å². The molecule has 2 aliphatic rings. The molecule has 2 aliphatic heterocycles. The second-order valence-electron chi connectivity index (χ2n) is 16.3. The molecule has 0 radical (unpaired) electrons. The van der Waals surface area contributed by atoms with Crippen molar-refractivity contribution in [3.05, 3.63) is 56.5 Å². The highest BCUT2D eigenvalue weighted by Crippen LogP contribution is 2.31. The van der Waals surface area contributed by atoms with Crippen LogP contribution in [0.5, 0.6) is 0 Å². The number of ether oxygens (including phenoxy) is 1. The van der Waals surface area contributed by atoms with E-state index in [0.29, 0.717) is 26.2 Å². The first kappa shape index (κ1) is 54.8. The minimum Gasteiger partial charge on any atom is -0.444 e. The molecular formula is C41H64Cl4N8O8S2. The zero-order valence-corrected chi connectivity index (χ0v) is 41.6. The minimum absolute atomic E-state index is 0.00930. The van der Waals surface area contributed by atoms with Crippen molar-refractivity contribution in [2.75, 3.05) is 106 Å². The quantitative estimate of drug-likeness (QED) is 0.147. The molecule has 0 unspecified atom stereocenters. The smallest absolute Gasteiger partial charge is 0.410 e. The number of carbonyl (C=O) groups is 3. The van der Waals surface area contributed by atoms with Gasteiger partial charge in [-0.1, -0.05) is 58.5 Å². The summed E-state index contributed by atoms with van der Waals surface area (Å²) in [6, 6.07) is 8.87. The van der Waals surface area contributed by atoms with Gasteiger partial charge in [0.25, 0.3) is 0 Å². The van der Waals surface area contributed by atoms with E-state index in [1.165, 1.54) is 50.5 Å². The predicted molar refractivity (Wildman–Crippen MR) is 250 cm³/mol. The molecule has 0 aromatic heterocycles. The highest BCUT2D eigenvalue weighted by molar-refractivity contribution is 7.89. The van der Waals surface area contributed by atoms with Crippen molar-refractivity contribution in [3.8, 4) is 0 Å². The van der Waals surface area contributed by atoms with Gasteiger partial charge in [0.2, 0.25) is 31.9 Å². The monoisotopic (exact) mass is 1000 g/mol. The van der Waals surface area contributed by atoms with E-state index in [1.807, 2.05) is 20.8 Å². The van der Waals surface area contributed by atoms with Crippen LogP contribution < -0.4 is 16.0 Å². The molecule has 63 heavy (non-hydrogen) atoms. The van der Waals surface area contributed by atoms with Gasteiger partial charge in [0.05, 0.1) is 20.1 Å². The maximum atomic E-state index is 12.7. The molecule has 0 spiro atoms. The summed E-state index contributed by atoms with van der Waals surface area (Å²) in [6.07, 6.45) is 3.52. The first-order valence-electron chi connectivity index (χ1n) is 21.1. The van der Waals surface area contributed by atoms with Gasteiger partial charge in [-0.05, 0) is 83.8 Å². The fourth-order valence-electron chi connectivity index (χ4n) is 6.43. The van der Waals surface area contributed by atoms with Crippen LogP contribution in [0.1, 0.15) is 59.3 Å². The van der Waals surface area contributed by atoms with Crippen molar-refractivity contribution in [1.29, 1.82) is 0 Å². The van der Waals surface area contributed by atoms with E-state index in [9.17, 15) is 31.2 Å². The molecule has 4 rings (SSSR count). The Kier molecular flexibility index (Phi) is 23.2. The third kappa shape index (κ3) is 18.7. The zero-order valence-electron chi connectivity index (χ0n) is 36.9. The molecule has 2 heterocycles. The number of sulfonamides is 2. The minimum atomic E-state index is -3.85. The number of rotatable bonds is 20. The van der Waals surface area contributed by atoms with E-state index >= 15 is 0 Å². The number of benzene rings is 2. The van der Waals surface area contributed by atoms with Crippen molar-refractivity contribution in [2.45, 2.75) is 74.7 Å². The Morgan fingerprint density at radius 1 is 0.667 bits per heavy atom. The molecule has 16 nitrogen and oxygen atoms in total. The van der Waals surface area contributed by atoms with Gasteiger partial charge in [-0.25, -0.2) is 30.2 Å². The highest BCUT2D eigenvalue weighted by Gasteiger charge is 2.28. The highest BCUT2D eigenvalue weighted by atomic mass is 35.5. The summed E-state index contributed by atoms with van der Waals surface area (Å²) in [4.78, 5) is 42.6. The van der Waals surface area contributed by atoms with Crippen LogP contribution in [0.15, 0.2) is 46.2 Å². The molecule has 0 saturated carbocycles. The van der Waals surface area contributed by atoms with Gasteiger partial charge in [0, 0.05) is 105 Å². The largest absolute Gasteiger partial charge is 0.444 e. The fraction of sp³-hybridized carbons (Fsp3) is 0.634. The van der Waals surface area contributed by atoms with E-state index in [0.717, 1.165) is 86.7 Å². The predicted octanol–water partition coefficient (Wildman–Crippen LogP) is 5.26. The second kappa shape index (κ2) is 26.6. The molecule has 2 aromatic rings. The van der Waals surface area contributed by atoms with Crippen LogP contribution in [0.25, 0.3) is 0 Å². The average Bonchev–Trinajstić information content (AvgIpc) is 3.23. The Hall–Kier alpha value is -2.49. The summed E-state index contributed by atoms with van der Waals surface area (Å²) in [5.41, 5.74) is -0.494. The molecule has 2 aromatic carbocycles. The van der Waals surface area contributed by atoms with Gasteiger partial charge in [-0.15, -0.1) is 0 Å². The number of unbranched alkanes of at least 4 members (excludes halogenated alkanes) is 2. The first-order valence-corrected chi connectivity index (χ1v) is 25.5. The van der Waals surface area contributed by atoms with E-state index in [4.69, 9.17) is 51.1 Å². The van der Waals surface area contributed by atoms with Crippen molar-refractivity contribution in [3.63, 3.8) is 0 Å². The number of amides is 3. The van der Waals surface area contributed by atoms with Gasteiger partial charge >= 0.3 is 6.09 Å². The summed E-state index contributed by atoms with van der Waals surface area (Å²) < 4.78 is 58.3. The molecule has 3 N–H and O–H groups in total. The fourth-order valence-corrected chi connectivity index (χ4v) is 10.2. The maximum absolute atomic E-state index is 12.7. The summed E-state index contributed by atoms with van der Waals surface area (Å²) in [7, 11) is -4.82. The Balaban J connectivity index is 0.000000344. The SMILES string of the molecule is CN(CCC(=O)NCCCCN1CCN(C(=O)OC(C)(C)C)CC1)S(=O)(=O)c1cccc(Cl)c1Cl.CN(CCC(=O)NCCCCN1CCNCC1)S(=O)(=O)c1cccc(Cl)c1Cl. The molecular weight excluding hydrogens is 938 g/mol. The molecule has 0 aliphatic carbocycles. The molecule has 22 heteroatoms. The van der Waals surface area contributed by atoms with Crippen LogP contribution in [0.4, 0.5) is 4.79 Å². The van der Waals surface area contributed by atoms with Crippen molar-refractivity contribution >= 4 is 84.4 Å². The Morgan fingerprint density at radius 3 is 1.49 bits per heavy atom. The normalized spacial score (nSPS) is 15.5. The van der Waals surface area contributed by atoms with Crippen LogP contribution in [0.2, 0.25) is 20.1 Å². The molecule has 3 amide bonds. The number of halogens is 4. The van der Waals surface area contributed by atoms with Crippen LogP contribution in [-0.4, -0.2) is 169 Å². The average molecular weight is 1000 g/mol. The van der Waals surface area contributed by atoms with Crippen molar-refractivity contribution < 1.29 is 36.0 Å². The summed E-state index contributed by atoms with van der Waals surface area (Å²) in [6.45, 7) is 15.8. The summed E-state index contributed by atoms with van der Waals surface area (Å²) in [5, 5.41) is 9.30. The number of carbonyl (C=O) groups excluding carboxylic acids is 3. The third-order valence-electron chi connectivity index (χ3n) is 10.2. The Labute approximate surface area is 394 Å². The van der Waals surface area contributed by atoms with Gasteiger partial charge in [0.15, 0.2) is 0 Å². The van der Waals surface area contributed by atoms with Crippen LogP contribution >= 0.6 is 46.4 Å². The van der Waals surface area contributed by atoms with Gasteiger partial charge in [-0.3, -0.25) is 14.5 Å². The lowest BCUT2D eigenvalue weighted by Gasteiger charge is -2.35. The lowest BCUT2D eigenvalue weighted by atomic mass is 10.2. The first-order chi connectivity index (χ1) is 29.6. The number of nitrogens with zero attached hydrogens (tertiary/aromatic N) is 5. The van der Waals surface area contributed by atoms with Gasteiger partial charge in [-0.2, -0.15) is 0 Å². The summed E-state index contributed by atoms with van der Waals surface area (Å²) >= 11 is 23.9. The molecule has 0 bridgehead atoms. The molecule has 2 saturated heterocycles. The summed E-state index contributed by atoms with van der Waals surface area (Å²) in [5.74, 6) is -0.378. The van der Waals surface area contributed by atoms with E-state index in [-0.39, 0.29) is 73.7 Å². The number of hydrogen-bond donors (Lipinski definition) is 3. The Morgan fingerprint density at radius 2 is 1.08 bits per heavy atom. The lowest BCUT2D eigenvalue weighted by Crippen LogP contribution is -2.50. The topological polar surface area (TPSA) is 181 Å². The van der Waals surface area contributed by atoms with Crippen LogP contribution in [0, 0.1) is 0 Å². The lowest BCUT2D eigenvalue weighted by molar-refractivity contribution is -0.122. The second-order valence-corrected chi connectivity index (χ2v) is 21.9. The Bertz CT molecular complexity index is 2010. The van der Waals surface area contributed by atoms with Crippen molar-refractivity contribution in [1.82, 2.24) is 39.3 Å². The maximum Gasteiger partial charge on any atom is 0.410 e. The zero-order chi connectivity index (χ0) is 46.8. The molecule has 356 valence electrons. The van der Waals surface area contributed by atoms with Gasteiger partial charge in [0.1, 0.15) is 15.4 Å². The number of hydrogen-bond acceptors (Lipinski definition) is 11. The molecule has 2 fully saturated rings.